The van der Waals surface area contributed by atoms with Gasteiger partial charge in [0, 0.05) is 27.8 Å². The fraction of sp³-hybridized carbons (Fsp3) is 0.182. The number of rotatable bonds is 3. The molecule has 0 aliphatic rings. The van der Waals surface area contributed by atoms with E-state index in [-0.39, 0.29) is 18.0 Å². The Morgan fingerprint density at radius 2 is 2.39 bits per heavy atom. The third kappa shape index (κ3) is 3.05. The molecule has 1 amide bonds. The van der Waals surface area contributed by atoms with Crippen LogP contribution in [-0.4, -0.2) is 15.5 Å². The Kier molecular flexibility index (Phi) is 3.93. The lowest BCUT2D eigenvalue weighted by molar-refractivity contribution is -0.116. The quantitative estimate of drug-likeness (QED) is 0.937. The second-order valence-electron chi connectivity index (χ2n) is 3.66. The van der Waals surface area contributed by atoms with E-state index in [0.717, 1.165) is 4.47 Å². The minimum absolute atomic E-state index is 0.0291. The van der Waals surface area contributed by atoms with E-state index in [2.05, 4.69) is 26.2 Å². The first-order valence-electron chi connectivity index (χ1n) is 5.12. The predicted molar refractivity (Wildman–Crippen MR) is 73.9 cm³/mol. The van der Waals surface area contributed by atoms with E-state index in [1.165, 1.54) is 15.9 Å². The van der Waals surface area contributed by atoms with Gasteiger partial charge in [-0.2, -0.15) is 0 Å². The van der Waals surface area contributed by atoms with Crippen LogP contribution in [0.2, 0.25) is 0 Å². The summed E-state index contributed by atoms with van der Waals surface area (Å²) in [7, 11) is 0. The van der Waals surface area contributed by atoms with Crippen LogP contribution in [-0.2, 0) is 11.3 Å². The first kappa shape index (κ1) is 13.0. The molecule has 2 aromatic heterocycles. The fourth-order valence-corrected chi connectivity index (χ4v) is 2.59. The number of nitrogens with zero attached hydrogens (tertiary/aromatic N) is 2. The lowest BCUT2D eigenvalue weighted by Crippen LogP contribution is -2.28. The summed E-state index contributed by atoms with van der Waals surface area (Å²) in [5.74, 6) is -0.274. The van der Waals surface area contributed by atoms with Gasteiger partial charge in [0.2, 0.25) is 5.91 Å². The molecule has 0 aromatic carbocycles. The van der Waals surface area contributed by atoms with Crippen molar-refractivity contribution in [3.63, 3.8) is 0 Å². The summed E-state index contributed by atoms with van der Waals surface area (Å²) in [6, 6.07) is 1.72. The lowest BCUT2D eigenvalue weighted by Gasteiger charge is -2.07. The van der Waals surface area contributed by atoms with Crippen molar-refractivity contribution in [3.8, 4) is 0 Å². The van der Waals surface area contributed by atoms with Crippen molar-refractivity contribution in [3.05, 3.63) is 44.2 Å². The van der Waals surface area contributed by atoms with E-state index >= 15 is 0 Å². The SMILES string of the molecule is Cc1cc(Br)cn(CC(=O)Nc2nccs2)c1=O. The molecule has 0 radical (unpaired) electrons. The van der Waals surface area contributed by atoms with Gasteiger partial charge in [0.15, 0.2) is 5.13 Å². The number of amides is 1. The summed E-state index contributed by atoms with van der Waals surface area (Å²) in [5, 5.41) is 4.93. The van der Waals surface area contributed by atoms with Crippen LogP contribution in [0, 0.1) is 6.92 Å². The van der Waals surface area contributed by atoms with E-state index in [1.807, 2.05) is 0 Å². The van der Waals surface area contributed by atoms with E-state index in [4.69, 9.17) is 0 Å². The van der Waals surface area contributed by atoms with Crippen molar-refractivity contribution >= 4 is 38.3 Å². The molecule has 7 heteroatoms. The van der Waals surface area contributed by atoms with Crippen LogP contribution in [0.3, 0.4) is 0 Å². The van der Waals surface area contributed by atoms with E-state index in [0.29, 0.717) is 10.7 Å². The van der Waals surface area contributed by atoms with Gasteiger partial charge >= 0.3 is 0 Å². The molecule has 18 heavy (non-hydrogen) atoms. The Balaban J connectivity index is 2.14. The summed E-state index contributed by atoms with van der Waals surface area (Å²) in [6.45, 7) is 1.68. The third-order valence-corrected chi connectivity index (χ3v) is 3.35. The maximum Gasteiger partial charge on any atom is 0.253 e. The number of pyridine rings is 1. The van der Waals surface area contributed by atoms with Gasteiger partial charge < -0.3 is 9.88 Å². The maximum atomic E-state index is 11.8. The number of anilines is 1. The van der Waals surface area contributed by atoms with Crippen LogP contribution >= 0.6 is 27.3 Å². The molecule has 0 aliphatic carbocycles. The first-order chi connectivity index (χ1) is 8.56. The average Bonchev–Trinajstić information content (AvgIpc) is 2.77. The molecule has 0 bridgehead atoms. The minimum atomic E-state index is -0.274. The zero-order valence-corrected chi connectivity index (χ0v) is 11.9. The molecule has 0 aliphatic heterocycles. The number of aromatic nitrogens is 2. The molecule has 2 rings (SSSR count). The largest absolute Gasteiger partial charge is 0.305 e. The van der Waals surface area contributed by atoms with Crippen molar-refractivity contribution in [2.45, 2.75) is 13.5 Å². The van der Waals surface area contributed by atoms with Gasteiger partial charge in [-0.25, -0.2) is 4.98 Å². The zero-order chi connectivity index (χ0) is 13.1. The van der Waals surface area contributed by atoms with Gasteiger partial charge in [0.25, 0.3) is 5.56 Å². The van der Waals surface area contributed by atoms with Crippen molar-refractivity contribution in [2.24, 2.45) is 0 Å². The van der Waals surface area contributed by atoms with Crippen LogP contribution in [0.25, 0.3) is 0 Å². The third-order valence-electron chi connectivity index (χ3n) is 2.22. The molecular formula is C11H10BrN3O2S. The molecule has 0 saturated carbocycles. The van der Waals surface area contributed by atoms with Crippen molar-refractivity contribution in [2.75, 3.05) is 5.32 Å². The molecular weight excluding hydrogens is 318 g/mol. The summed E-state index contributed by atoms with van der Waals surface area (Å²) in [6.07, 6.45) is 3.20. The molecule has 0 saturated heterocycles. The van der Waals surface area contributed by atoms with Gasteiger partial charge in [-0.15, -0.1) is 11.3 Å². The molecule has 94 valence electrons. The molecule has 2 aromatic rings. The topological polar surface area (TPSA) is 64.0 Å². The highest BCUT2D eigenvalue weighted by Crippen LogP contribution is 2.11. The zero-order valence-electron chi connectivity index (χ0n) is 9.51. The molecule has 1 N–H and O–H groups in total. The minimum Gasteiger partial charge on any atom is -0.305 e. The summed E-state index contributed by atoms with van der Waals surface area (Å²) >= 11 is 4.63. The second kappa shape index (κ2) is 5.45. The maximum absolute atomic E-state index is 11.8. The highest BCUT2D eigenvalue weighted by Gasteiger charge is 2.08. The molecule has 0 fully saturated rings. The fourth-order valence-electron chi connectivity index (χ4n) is 1.46. The number of thiazole rings is 1. The molecule has 2 heterocycles. The van der Waals surface area contributed by atoms with Crippen LogP contribution in [0.15, 0.2) is 33.1 Å². The molecule has 0 atom stereocenters. The number of hydrogen-bond acceptors (Lipinski definition) is 4. The first-order valence-corrected chi connectivity index (χ1v) is 6.79. The molecule has 0 unspecified atom stereocenters. The average molecular weight is 328 g/mol. The van der Waals surface area contributed by atoms with E-state index in [1.54, 1.807) is 30.8 Å². The van der Waals surface area contributed by atoms with Crippen LogP contribution in [0.5, 0.6) is 0 Å². The predicted octanol–water partition coefficient (Wildman–Crippen LogP) is 2.01. The van der Waals surface area contributed by atoms with Gasteiger partial charge in [0.05, 0.1) is 0 Å². The van der Waals surface area contributed by atoms with Crippen LogP contribution < -0.4 is 10.9 Å². The van der Waals surface area contributed by atoms with Crippen LogP contribution in [0.4, 0.5) is 5.13 Å². The molecule has 0 spiro atoms. The van der Waals surface area contributed by atoms with Crippen molar-refractivity contribution in [1.29, 1.82) is 0 Å². The lowest BCUT2D eigenvalue weighted by atomic mass is 10.3. The Morgan fingerprint density at radius 3 is 3.06 bits per heavy atom. The normalized spacial score (nSPS) is 10.3. The number of aryl methyl sites for hydroxylation is 1. The second-order valence-corrected chi connectivity index (χ2v) is 5.47. The number of halogens is 1. The molecule has 5 nitrogen and oxygen atoms in total. The Labute approximate surface area is 116 Å². The number of carbonyl (C=O) groups is 1. The highest BCUT2D eigenvalue weighted by molar-refractivity contribution is 9.10. The highest BCUT2D eigenvalue weighted by atomic mass is 79.9. The van der Waals surface area contributed by atoms with E-state index < -0.39 is 0 Å². The van der Waals surface area contributed by atoms with Crippen molar-refractivity contribution < 1.29 is 4.79 Å². The Bertz CT molecular complexity index is 622. The van der Waals surface area contributed by atoms with Gasteiger partial charge in [-0.1, -0.05) is 0 Å². The van der Waals surface area contributed by atoms with E-state index in [9.17, 15) is 9.59 Å². The Morgan fingerprint density at radius 1 is 1.61 bits per heavy atom. The van der Waals surface area contributed by atoms with Gasteiger partial charge in [0.1, 0.15) is 6.54 Å². The van der Waals surface area contributed by atoms with Crippen molar-refractivity contribution in [1.82, 2.24) is 9.55 Å². The number of hydrogen-bond donors (Lipinski definition) is 1. The number of nitrogens with one attached hydrogen (secondary N) is 1. The monoisotopic (exact) mass is 327 g/mol. The summed E-state index contributed by atoms with van der Waals surface area (Å²) in [4.78, 5) is 27.5. The standard InChI is InChI=1S/C11H10BrN3O2S/c1-7-4-8(12)5-15(10(7)17)6-9(16)14-11-13-2-3-18-11/h2-5H,6H2,1H3,(H,13,14,16). The smallest absolute Gasteiger partial charge is 0.253 e. The van der Waals surface area contributed by atoms with Crippen LogP contribution in [0.1, 0.15) is 5.56 Å². The number of carbonyl (C=O) groups excluding carboxylic acids is 1. The van der Waals surface area contributed by atoms with Gasteiger partial charge in [-0.3, -0.25) is 9.59 Å². The summed E-state index contributed by atoms with van der Waals surface area (Å²) in [5.41, 5.74) is 0.416. The summed E-state index contributed by atoms with van der Waals surface area (Å²) < 4.78 is 2.13. The Hall–Kier alpha value is -1.47. The van der Waals surface area contributed by atoms with Gasteiger partial charge in [-0.05, 0) is 28.9 Å².